The van der Waals surface area contributed by atoms with Gasteiger partial charge in [0.1, 0.15) is 5.75 Å². The number of carbonyl (C=O) groups is 1. The van der Waals surface area contributed by atoms with Crippen molar-refractivity contribution in [2.45, 2.75) is 43.6 Å². The lowest BCUT2D eigenvalue weighted by Crippen LogP contribution is -2.13. The van der Waals surface area contributed by atoms with Crippen LogP contribution in [0.5, 0.6) is 5.75 Å². The van der Waals surface area contributed by atoms with Crippen LogP contribution in [0.4, 0.5) is 0 Å². The average molecular weight is 267 g/mol. The average Bonchev–Trinajstić information content (AvgIpc) is 3.17. The highest BCUT2D eigenvalue weighted by Gasteiger charge is 2.46. The van der Waals surface area contributed by atoms with Crippen molar-refractivity contribution >= 4 is 17.6 Å². The summed E-state index contributed by atoms with van der Waals surface area (Å²) in [5.74, 6) is -0.0315. The van der Waals surface area contributed by atoms with Crippen LogP contribution in [-0.2, 0) is 10.2 Å². The normalized spacial score (nSPS) is 20.5. The van der Waals surface area contributed by atoms with E-state index in [1.54, 1.807) is 0 Å². The predicted octanol–water partition coefficient (Wildman–Crippen LogP) is 3.39. The van der Waals surface area contributed by atoms with Gasteiger partial charge >= 0.3 is 5.97 Å². The van der Waals surface area contributed by atoms with E-state index in [-0.39, 0.29) is 11.8 Å². The van der Waals surface area contributed by atoms with Crippen molar-refractivity contribution in [2.24, 2.45) is 0 Å². The zero-order chi connectivity index (χ0) is 12.8. The number of aliphatic carboxylic acids is 1. The molecule has 0 amide bonds. The zero-order valence-corrected chi connectivity index (χ0v) is 10.7. The molecule has 4 heteroatoms. The maximum absolute atomic E-state index is 10.9. The molecule has 0 aliphatic heterocycles. The van der Waals surface area contributed by atoms with Crippen molar-refractivity contribution in [3.8, 4) is 5.75 Å². The fraction of sp³-hybridized carbons (Fsp3) is 0.500. The van der Waals surface area contributed by atoms with Crippen LogP contribution in [0.3, 0.4) is 0 Å². The highest BCUT2D eigenvalue weighted by Crippen LogP contribution is 2.52. The van der Waals surface area contributed by atoms with Gasteiger partial charge < -0.3 is 9.84 Å². The molecule has 0 spiro atoms. The van der Waals surface area contributed by atoms with E-state index in [0.29, 0.717) is 16.9 Å². The Labute approximate surface area is 111 Å². The molecule has 2 aliphatic carbocycles. The maximum atomic E-state index is 10.9. The number of carboxylic acid groups (broad SMARTS) is 1. The first-order valence-corrected chi connectivity index (χ1v) is 6.65. The number of benzene rings is 1. The lowest BCUT2D eigenvalue weighted by molar-refractivity contribution is -0.137. The smallest absolute Gasteiger partial charge is 0.304 e. The summed E-state index contributed by atoms with van der Waals surface area (Å²) in [5.41, 5.74) is 0.839. The number of hydrogen-bond donors (Lipinski definition) is 1. The van der Waals surface area contributed by atoms with Crippen LogP contribution >= 0.6 is 11.6 Å². The molecule has 0 unspecified atom stereocenters. The fourth-order valence-electron chi connectivity index (χ4n) is 2.30. The summed E-state index contributed by atoms with van der Waals surface area (Å²) in [6.45, 7) is 0. The Morgan fingerprint density at radius 2 is 2.17 bits per heavy atom. The topological polar surface area (TPSA) is 46.5 Å². The second-order valence-electron chi connectivity index (χ2n) is 5.31. The Bertz CT molecular complexity index is 490. The molecule has 3 nitrogen and oxygen atoms in total. The summed E-state index contributed by atoms with van der Waals surface area (Å²) in [6, 6.07) is 5.70. The molecule has 2 aliphatic rings. The first-order chi connectivity index (χ1) is 8.59. The molecule has 0 bridgehead atoms. The van der Waals surface area contributed by atoms with E-state index in [1.165, 1.54) is 0 Å². The lowest BCUT2D eigenvalue weighted by Gasteiger charge is -2.15. The molecule has 0 heterocycles. The van der Waals surface area contributed by atoms with Crippen molar-refractivity contribution < 1.29 is 14.6 Å². The molecule has 2 saturated carbocycles. The Balaban J connectivity index is 1.80. The molecule has 18 heavy (non-hydrogen) atoms. The van der Waals surface area contributed by atoms with Crippen LogP contribution < -0.4 is 4.74 Å². The molecule has 1 aromatic carbocycles. The highest BCUT2D eigenvalue weighted by atomic mass is 35.5. The number of hydrogen-bond acceptors (Lipinski definition) is 2. The second-order valence-corrected chi connectivity index (χ2v) is 5.72. The van der Waals surface area contributed by atoms with Gasteiger partial charge in [-0.25, -0.2) is 0 Å². The van der Waals surface area contributed by atoms with Crippen molar-refractivity contribution in [3.63, 3.8) is 0 Å². The third-order valence-electron chi connectivity index (χ3n) is 3.71. The Hall–Kier alpha value is -1.22. The summed E-state index contributed by atoms with van der Waals surface area (Å²) < 4.78 is 5.68. The summed E-state index contributed by atoms with van der Waals surface area (Å²) in [5, 5.41) is 9.54. The second kappa shape index (κ2) is 4.16. The van der Waals surface area contributed by atoms with Crippen molar-refractivity contribution in [3.05, 3.63) is 28.8 Å². The van der Waals surface area contributed by atoms with E-state index in [2.05, 4.69) is 0 Å². The van der Waals surface area contributed by atoms with Crippen LogP contribution in [-0.4, -0.2) is 17.2 Å². The molecule has 0 radical (unpaired) electrons. The van der Waals surface area contributed by atoms with Crippen molar-refractivity contribution in [1.82, 2.24) is 0 Å². The molecule has 2 fully saturated rings. The molecule has 3 rings (SSSR count). The Morgan fingerprint density at radius 1 is 1.44 bits per heavy atom. The standard InChI is InChI=1S/C14H15ClO3/c15-11-7-9(14(5-6-14)8-13(16)17)1-4-12(11)18-10-2-3-10/h1,4,7,10H,2-3,5-6,8H2,(H,16,17). The van der Waals surface area contributed by atoms with E-state index in [9.17, 15) is 4.79 Å². The van der Waals surface area contributed by atoms with Gasteiger partial charge in [-0.2, -0.15) is 0 Å². The lowest BCUT2D eigenvalue weighted by atomic mass is 9.92. The van der Waals surface area contributed by atoms with Crippen LogP contribution in [0.2, 0.25) is 5.02 Å². The van der Waals surface area contributed by atoms with Gasteiger partial charge in [0.15, 0.2) is 0 Å². The number of carboxylic acids is 1. The van der Waals surface area contributed by atoms with Gasteiger partial charge in [0.2, 0.25) is 0 Å². The molecule has 1 aromatic rings. The molecule has 96 valence electrons. The maximum Gasteiger partial charge on any atom is 0.304 e. The van der Waals surface area contributed by atoms with Crippen LogP contribution in [0.1, 0.15) is 37.7 Å². The van der Waals surface area contributed by atoms with Crippen LogP contribution in [0.25, 0.3) is 0 Å². The quantitative estimate of drug-likeness (QED) is 0.889. The molecular weight excluding hydrogens is 252 g/mol. The van der Waals surface area contributed by atoms with Gasteiger partial charge in [-0.05, 0) is 43.4 Å². The molecule has 0 saturated heterocycles. The van der Waals surface area contributed by atoms with E-state index >= 15 is 0 Å². The summed E-state index contributed by atoms with van der Waals surface area (Å²) in [6.07, 6.45) is 4.56. The number of ether oxygens (including phenoxy) is 1. The Morgan fingerprint density at radius 3 is 2.67 bits per heavy atom. The molecular formula is C14H15ClO3. The molecule has 0 aromatic heterocycles. The minimum atomic E-state index is -0.748. The monoisotopic (exact) mass is 266 g/mol. The zero-order valence-electron chi connectivity index (χ0n) is 9.99. The third-order valence-corrected chi connectivity index (χ3v) is 4.00. The summed E-state index contributed by atoms with van der Waals surface area (Å²) in [7, 11) is 0. The highest BCUT2D eigenvalue weighted by molar-refractivity contribution is 6.32. The van der Waals surface area contributed by atoms with Gasteiger partial charge in [-0.15, -0.1) is 0 Å². The van der Waals surface area contributed by atoms with Gasteiger partial charge in [-0.1, -0.05) is 17.7 Å². The van der Waals surface area contributed by atoms with E-state index in [0.717, 1.165) is 31.2 Å². The number of rotatable bonds is 5. The van der Waals surface area contributed by atoms with Gasteiger partial charge in [0.05, 0.1) is 17.5 Å². The van der Waals surface area contributed by atoms with Gasteiger partial charge in [0.25, 0.3) is 0 Å². The molecule has 0 atom stereocenters. The van der Waals surface area contributed by atoms with Crippen LogP contribution in [0, 0.1) is 0 Å². The van der Waals surface area contributed by atoms with Crippen molar-refractivity contribution in [1.29, 1.82) is 0 Å². The van der Waals surface area contributed by atoms with Gasteiger partial charge in [-0.3, -0.25) is 4.79 Å². The number of halogens is 1. The van der Waals surface area contributed by atoms with E-state index < -0.39 is 5.97 Å². The Kier molecular flexibility index (Phi) is 2.74. The minimum Gasteiger partial charge on any atom is -0.489 e. The first kappa shape index (κ1) is 11.8. The van der Waals surface area contributed by atoms with Gasteiger partial charge in [0, 0.05) is 5.41 Å². The molecule has 1 N–H and O–H groups in total. The summed E-state index contributed by atoms with van der Waals surface area (Å²) in [4.78, 5) is 10.9. The van der Waals surface area contributed by atoms with Crippen LogP contribution in [0.15, 0.2) is 18.2 Å². The largest absolute Gasteiger partial charge is 0.489 e. The summed E-state index contributed by atoms with van der Waals surface area (Å²) >= 11 is 6.20. The predicted molar refractivity (Wildman–Crippen MR) is 68.3 cm³/mol. The SMILES string of the molecule is O=C(O)CC1(c2ccc(OC3CC3)c(Cl)c2)CC1. The van der Waals surface area contributed by atoms with Crippen molar-refractivity contribution in [2.75, 3.05) is 0 Å². The van der Waals surface area contributed by atoms with E-state index in [1.807, 2.05) is 18.2 Å². The minimum absolute atomic E-state index is 0.187. The van der Waals surface area contributed by atoms with E-state index in [4.69, 9.17) is 21.4 Å². The third kappa shape index (κ3) is 2.32. The fourth-order valence-corrected chi connectivity index (χ4v) is 2.52. The first-order valence-electron chi connectivity index (χ1n) is 6.28.